The minimum Gasteiger partial charge on any atom is -0.338 e. The Morgan fingerprint density at radius 1 is 1.21 bits per heavy atom. The van der Waals surface area contributed by atoms with E-state index in [1.807, 2.05) is 17.2 Å². The maximum atomic E-state index is 12.3. The lowest BCUT2D eigenvalue weighted by Crippen LogP contribution is -2.52. The molecule has 3 rings (SSSR count). The third kappa shape index (κ3) is 5.35. The summed E-state index contributed by atoms with van der Waals surface area (Å²) in [5.41, 5.74) is 1.46. The quantitative estimate of drug-likeness (QED) is 0.744. The highest BCUT2D eigenvalue weighted by Gasteiger charge is 2.22. The van der Waals surface area contributed by atoms with Crippen LogP contribution in [0.1, 0.15) is 6.92 Å². The van der Waals surface area contributed by atoms with Crippen molar-refractivity contribution in [3.05, 3.63) is 33.6 Å². The van der Waals surface area contributed by atoms with Crippen molar-refractivity contribution < 1.29 is 9.59 Å². The molecule has 2 heterocycles. The summed E-state index contributed by atoms with van der Waals surface area (Å²) >= 11 is 13.5. The summed E-state index contributed by atoms with van der Waals surface area (Å²) in [5, 5.41) is 9.06. The second-order valence-corrected chi connectivity index (χ2v) is 8.01. The first-order valence-corrected chi connectivity index (χ1v) is 10.6. The molecule has 0 saturated carbocycles. The van der Waals surface area contributed by atoms with Gasteiger partial charge < -0.3 is 15.5 Å². The van der Waals surface area contributed by atoms with Crippen molar-refractivity contribution in [2.75, 3.05) is 44.6 Å². The highest BCUT2D eigenvalue weighted by molar-refractivity contribution is 7.14. The van der Waals surface area contributed by atoms with Gasteiger partial charge in [0.1, 0.15) is 0 Å². The van der Waals surface area contributed by atoms with Gasteiger partial charge in [-0.15, -0.1) is 11.3 Å². The molecule has 2 aromatic rings. The Bertz CT molecular complexity index is 852. The normalized spacial score (nSPS) is 14.8. The minimum atomic E-state index is -0.130. The second-order valence-electron chi connectivity index (χ2n) is 6.31. The fourth-order valence-electron chi connectivity index (χ4n) is 2.89. The predicted octanol–water partition coefficient (Wildman–Crippen LogP) is 3.40. The van der Waals surface area contributed by atoms with Crippen LogP contribution in [0.3, 0.4) is 0 Å². The number of thiazole rings is 1. The first-order chi connectivity index (χ1) is 13.5. The topological polar surface area (TPSA) is 77.6 Å². The molecular formula is C18H21Cl2N5O2S. The number of hydrogen-bond donors (Lipinski definition) is 2. The van der Waals surface area contributed by atoms with Gasteiger partial charge in [-0.2, -0.15) is 0 Å². The van der Waals surface area contributed by atoms with Gasteiger partial charge >= 0.3 is 6.03 Å². The number of urea groups is 1. The maximum absolute atomic E-state index is 12.3. The molecule has 28 heavy (non-hydrogen) atoms. The molecule has 1 fully saturated rings. The van der Waals surface area contributed by atoms with Crippen LogP contribution in [0.25, 0.3) is 11.3 Å². The standard InChI is InChI=1S/C18H21Cl2N5O2S/c1-2-21-18(27)25-7-5-24(6-8-25)10-16(26)23-17-22-15(11-28-17)13-4-3-12(19)9-14(13)20/h3-4,9,11H,2,5-8,10H2,1H3,(H,21,27)(H,22,23,26). The zero-order chi connectivity index (χ0) is 20.1. The van der Waals surface area contributed by atoms with E-state index in [1.165, 1.54) is 11.3 Å². The molecular weight excluding hydrogens is 421 g/mol. The summed E-state index contributed by atoms with van der Waals surface area (Å²) in [6.07, 6.45) is 0. The lowest BCUT2D eigenvalue weighted by molar-refractivity contribution is -0.117. The third-order valence-electron chi connectivity index (χ3n) is 4.31. The molecule has 1 saturated heterocycles. The van der Waals surface area contributed by atoms with Crippen molar-refractivity contribution in [2.24, 2.45) is 0 Å². The number of carbonyl (C=O) groups is 2. The van der Waals surface area contributed by atoms with Crippen LogP contribution in [0, 0.1) is 0 Å². The monoisotopic (exact) mass is 441 g/mol. The van der Waals surface area contributed by atoms with Gasteiger partial charge in [-0.1, -0.05) is 23.2 Å². The van der Waals surface area contributed by atoms with Crippen LogP contribution < -0.4 is 10.6 Å². The van der Waals surface area contributed by atoms with E-state index in [1.54, 1.807) is 23.1 Å². The molecule has 1 aliphatic rings. The Balaban J connectivity index is 1.51. The van der Waals surface area contributed by atoms with Gasteiger partial charge in [-0.25, -0.2) is 9.78 Å². The zero-order valence-corrected chi connectivity index (χ0v) is 17.7. The number of aromatic nitrogens is 1. The van der Waals surface area contributed by atoms with Gasteiger partial charge in [0.2, 0.25) is 5.91 Å². The fourth-order valence-corrected chi connectivity index (χ4v) is 4.12. The Hall–Kier alpha value is -1.87. The summed E-state index contributed by atoms with van der Waals surface area (Å²) in [7, 11) is 0. The molecule has 1 aromatic carbocycles. The molecule has 0 unspecified atom stereocenters. The Kier molecular flexibility index (Phi) is 7.12. The van der Waals surface area contributed by atoms with Crippen molar-refractivity contribution in [2.45, 2.75) is 6.92 Å². The van der Waals surface area contributed by atoms with Crippen molar-refractivity contribution in [3.8, 4) is 11.3 Å². The lowest BCUT2D eigenvalue weighted by atomic mass is 10.2. The van der Waals surface area contributed by atoms with E-state index in [0.717, 1.165) is 5.56 Å². The van der Waals surface area contributed by atoms with E-state index in [9.17, 15) is 9.59 Å². The van der Waals surface area contributed by atoms with Gasteiger partial charge in [-0.3, -0.25) is 9.69 Å². The van der Waals surface area contributed by atoms with Crippen LogP contribution in [-0.4, -0.2) is 66.0 Å². The third-order valence-corrected chi connectivity index (χ3v) is 5.62. The van der Waals surface area contributed by atoms with Crippen molar-refractivity contribution in [3.63, 3.8) is 0 Å². The molecule has 1 aromatic heterocycles. The summed E-state index contributed by atoms with van der Waals surface area (Å²) in [5.74, 6) is -0.130. The van der Waals surface area contributed by atoms with Crippen molar-refractivity contribution in [1.82, 2.24) is 20.1 Å². The smallest absolute Gasteiger partial charge is 0.317 e. The average molecular weight is 442 g/mol. The average Bonchev–Trinajstić information content (AvgIpc) is 3.10. The molecule has 0 bridgehead atoms. The highest BCUT2D eigenvalue weighted by atomic mass is 35.5. The van der Waals surface area contributed by atoms with Crippen LogP contribution in [0.2, 0.25) is 10.0 Å². The van der Waals surface area contributed by atoms with Crippen molar-refractivity contribution >= 4 is 51.6 Å². The second kappa shape index (κ2) is 9.56. The van der Waals surface area contributed by atoms with E-state index in [4.69, 9.17) is 23.2 Å². The van der Waals surface area contributed by atoms with Gasteiger partial charge in [0.25, 0.3) is 0 Å². The van der Waals surface area contributed by atoms with Crippen LogP contribution >= 0.6 is 34.5 Å². The van der Waals surface area contributed by atoms with E-state index in [-0.39, 0.29) is 18.5 Å². The molecule has 0 aliphatic carbocycles. The minimum absolute atomic E-state index is 0.0530. The largest absolute Gasteiger partial charge is 0.338 e. The zero-order valence-electron chi connectivity index (χ0n) is 15.4. The molecule has 3 amide bonds. The number of halogens is 2. The van der Waals surface area contributed by atoms with E-state index < -0.39 is 0 Å². The van der Waals surface area contributed by atoms with Gasteiger partial charge in [0, 0.05) is 48.7 Å². The number of rotatable bonds is 5. The van der Waals surface area contributed by atoms with Crippen LogP contribution in [0.4, 0.5) is 9.93 Å². The summed E-state index contributed by atoms with van der Waals surface area (Å²) < 4.78 is 0. The SMILES string of the molecule is CCNC(=O)N1CCN(CC(=O)Nc2nc(-c3ccc(Cl)cc3Cl)cs2)CC1. The first-order valence-electron chi connectivity index (χ1n) is 8.92. The van der Waals surface area contributed by atoms with Crippen LogP contribution in [0.5, 0.6) is 0 Å². The Morgan fingerprint density at radius 3 is 2.64 bits per heavy atom. The molecule has 0 spiro atoms. The number of nitrogens with zero attached hydrogens (tertiary/aromatic N) is 3. The molecule has 0 atom stereocenters. The summed E-state index contributed by atoms with van der Waals surface area (Å²) in [6.45, 7) is 5.30. The number of hydrogen-bond acceptors (Lipinski definition) is 5. The molecule has 7 nitrogen and oxygen atoms in total. The first kappa shape index (κ1) is 20.9. The molecule has 10 heteroatoms. The molecule has 2 N–H and O–H groups in total. The molecule has 0 radical (unpaired) electrons. The number of piperazine rings is 1. The maximum Gasteiger partial charge on any atom is 0.317 e. The number of nitrogens with one attached hydrogen (secondary N) is 2. The Morgan fingerprint density at radius 2 is 1.96 bits per heavy atom. The predicted molar refractivity (Wildman–Crippen MR) is 113 cm³/mol. The van der Waals surface area contributed by atoms with Gasteiger partial charge in [0.15, 0.2) is 5.13 Å². The lowest BCUT2D eigenvalue weighted by Gasteiger charge is -2.34. The van der Waals surface area contributed by atoms with E-state index >= 15 is 0 Å². The number of anilines is 1. The fraction of sp³-hybridized carbons (Fsp3) is 0.389. The van der Waals surface area contributed by atoms with Crippen molar-refractivity contribution in [1.29, 1.82) is 0 Å². The molecule has 150 valence electrons. The van der Waals surface area contributed by atoms with E-state index in [0.29, 0.717) is 53.6 Å². The molecule has 1 aliphatic heterocycles. The number of carbonyl (C=O) groups excluding carboxylic acids is 2. The van der Waals surface area contributed by atoms with Gasteiger partial charge in [0.05, 0.1) is 17.3 Å². The Labute approximate surface area is 177 Å². The highest BCUT2D eigenvalue weighted by Crippen LogP contribution is 2.32. The number of benzene rings is 1. The number of amides is 3. The summed E-state index contributed by atoms with van der Waals surface area (Å²) in [6, 6.07) is 5.17. The van der Waals surface area contributed by atoms with Gasteiger partial charge in [-0.05, 0) is 25.1 Å². The van der Waals surface area contributed by atoms with Crippen LogP contribution in [0.15, 0.2) is 23.6 Å². The summed E-state index contributed by atoms with van der Waals surface area (Å²) in [4.78, 5) is 32.4. The van der Waals surface area contributed by atoms with E-state index in [2.05, 4.69) is 15.6 Å². The van der Waals surface area contributed by atoms with Crippen LogP contribution in [-0.2, 0) is 4.79 Å².